The molecule has 0 spiro atoms. The van der Waals surface area contributed by atoms with Gasteiger partial charge >= 0.3 is 0 Å². The van der Waals surface area contributed by atoms with Gasteiger partial charge in [0.1, 0.15) is 11.5 Å². The number of carbonyl (C=O) groups excluding carboxylic acids is 1. The molecule has 2 rings (SSSR count). The van der Waals surface area contributed by atoms with Gasteiger partial charge < -0.3 is 9.47 Å². The van der Waals surface area contributed by atoms with Gasteiger partial charge in [-0.1, -0.05) is 31.2 Å². The second-order valence-corrected chi connectivity index (χ2v) is 5.75. The summed E-state index contributed by atoms with van der Waals surface area (Å²) in [5, 5.41) is 3.95. The van der Waals surface area contributed by atoms with Crippen LogP contribution in [0.5, 0.6) is 11.5 Å². The van der Waals surface area contributed by atoms with Gasteiger partial charge in [-0.15, -0.1) is 0 Å². The van der Waals surface area contributed by atoms with Crippen LogP contribution >= 0.6 is 15.9 Å². The van der Waals surface area contributed by atoms with E-state index < -0.39 is 0 Å². The lowest BCUT2D eigenvalue weighted by atomic mass is 10.2. The van der Waals surface area contributed by atoms with Crippen molar-refractivity contribution in [2.75, 3.05) is 13.2 Å². The topological polar surface area (TPSA) is 59.9 Å². The molecule has 0 atom stereocenters. The van der Waals surface area contributed by atoms with Gasteiger partial charge in [0.05, 0.1) is 17.3 Å². The highest BCUT2D eigenvalue weighted by molar-refractivity contribution is 9.10. The number of nitrogens with one attached hydrogen (secondary N) is 1. The van der Waals surface area contributed by atoms with Crippen molar-refractivity contribution in [3.8, 4) is 11.5 Å². The lowest BCUT2D eigenvalue weighted by Gasteiger charge is -2.08. The third kappa shape index (κ3) is 5.70. The largest absolute Gasteiger partial charge is 0.493 e. The predicted molar refractivity (Wildman–Crippen MR) is 97.6 cm³/mol. The Balaban J connectivity index is 1.85. The Morgan fingerprint density at radius 1 is 1.12 bits per heavy atom. The van der Waals surface area contributed by atoms with Crippen molar-refractivity contribution < 1.29 is 14.3 Å². The zero-order valence-electron chi connectivity index (χ0n) is 13.4. The molecule has 0 aliphatic heterocycles. The molecule has 6 heteroatoms. The second-order valence-electron chi connectivity index (χ2n) is 4.90. The van der Waals surface area contributed by atoms with Crippen molar-refractivity contribution >= 4 is 28.1 Å². The van der Waals surface area contributed by atoms with Crippen molar-refractivity contribution in [2.45, 2.75) is 13.3 Å². The summed E-state index contributed by atoms with van der Waals surface area (Å²) in [6.07, 6.45) is 2.48. The predicted octanol–water partition coefficient (Wildman–Crippen LogP) is 3.77. The number of nitrogens with zero attached hydrogens (tertiary/aromatic N) is 1. The summed E-state index contributed by atoms with van der Waals surface area (Å²) in [4.78, 5) is 11.8. The van der Waals surface area contributed by atoms with Gasteiger partial charge in [0.2, 0.25) is 0 Å². The molecule has 0 aromatic heterocycles. The first-order chi connectivity index (χ1) is 11.7. The summed E-state index contributed by atoms with van der Waals surface area (Å²) in [6, 6.07) is 14.9. The Kier molecular flexibility index (Phi) is 7.29. The summed E-state index contributed by atoms with van der Waals surface area (Å²) in [5.41, 5.74) is 3.24. The molecular formula is C18H19BrN2O3. The highest BCUT2D eigenvalue weighted by Crippen LogP contribution is 2.23. The average Bonchev–Trinajstić information content (AvgIpc) is 2.60. The maximum absolute atomic E-state index is 11.8. The fourth-order valence-corrected chi connectivity index (χ4v) is 2.24. The minimum absolute atomic E-state index is 0.117. The van der Waals surface area contributed by atoms with E-state index in [4.69, 9.17) is 9.47 Å². The van der Waals surface area contributed by atoms with Crippen LogP contribution in [-0.2, 0) is 4.79 Å². The molecule has 1 amide bonds. The summed E-state index contributed by atoms with van der Waals surface area (Å²) >= 11 is 3.36. The number of amides is 1. The van der Waals surface area contributed by atoms with Gasteiger partial charge in [-0.05, 0) is 46.6 Å². The van der Waals surface area contributed by atoms with Crippen LogP contribution in [-0.4, -0.2) is 25.3 Å². The van der Waals surface area contributed by atoms with Crippen molar-refractivity contribution in [3.05, 3.63) is 58.6 Å². The molecule has 5 nitrogen and oxygen atoms in total. The Morgan fingerprint density at radius 2 is 1.83 bits per heavy atom. The minimum atomic E-state index is -0.339. The van der Waals surface area contributed by atoms with Crippen LogP contribution in [0.15, 0.2) is 58.1 Å². The molecule has 0 saturated heterocycles. The maximum Gasteiger partial charge on any atom is 0.277 e. The second kappa shape index (κ2) is 9.72. The van der Waals surface area contributed by atoms with Crippen LogP contribution in [0.25, 0.3) is 0 Å². The fraction of sp³-hybridized carbons (Fsp3) is 0.222. The lowest BCUT2D eigenvalue weighted by molar-refractivity contribution is -0.123. The average molecular weight is 391 g/mol. The van der Waals surface area contributed by atoms with Crippen LogP contribution in [0.3, 0.4) is 0 Å². The first-order valence-electron chi connectivity index (χ1n) is 7.61. The number of hydrazone groups is 1. The van der Waals surface area contributed by atoms with Crippen molar-refractivity contribution in [3.63, 3.8) is 0 Å². The van der Waals surface area contributed by atoms with Gasteiger partial charge in [-0.3, -0.25) is 4.79 Å². The first-order valence-corrected chi connectivity index (χ1v) is 8.41. The number of hydrogen-bond donors (Lipinski definition) is 1. The lowest BCUT2D eigenvalue weighted by Crippen LogP contribution is -2.24. The highest BCUT2D eigenvalue weighted by atomic mass is 79.9. The molecule has 126 valence electrons. The van der Waals surface area contributed by atoms with Crippen LogP contribution < -0.4 is 14.9 Å². The molecule has 0 aliphatic rings. The van der Waals surface area contributed by atoms with E-state index in [1.165, 1.54) is 0 Å². The number of rotatable bonds is 8. The molecule has 2 aromatic carbocycles. The van der Waals surface area contributed by atoms with E-state index in [0.717, 1.165) is 22.2 Å². The minimum Gasteiger partial charge on any atom is -0.493 e. The molecule has 0 bridgehead atoms. The van der Waals surface area contributed by atoms with E-state index in [-0.39, 0.29) is 12.5 Å². The zero-order valence-corrected chi connectivity index (χ0v) is 15.0. The van der Waals surface area contributed by atoms with E-state index >= 15 is 0 Å². The molecule has 0 unspecified atom stereocenters. The van der Waals surface area contributed by atoms with Gasteiger partial charge in [0.25, 0.3) is 5.91 Å². The number of hydrogen-bond acceptors (Lipinski definition) is 4. The monoisotopic (exact) mass is 390 g/mol. The SMILES string of the molecule is CCCOc1ccccc1C=NNC(=O)COc1ccccc1Br. The van der Waals surface area contributed by atoms with E-state index in [0.29, 0.717) is 12.4 Å². The number of para-hydroxylation sites is 2. The van der Waals surface area contributed by atoms with Gasteiger partial charge in [-0.2, -0.15) is 5.10 Å². The third-order valence-electron chi connectivity index (χ3n) is 2.97. The molecule has 0 saturated carbocycles. The molecule has 0 radical (unpaired) electrons. The molecule has 0 aliphatic carbocycles. The van der Waals surface area contributed by atoms with E-state index in [2.05, 4.69) is 26.5 Å². The maximum atomic E-state index is 11.8. The Morgan fingerprint density at radius 3 is 2.58 bits per heavy atom. The summed E-state index contributed by atoms with van der Waals surface area (Å²) in [6.45, 7) is 2.56. The van der Waals surface area contributed by atoms with Gasteiger partial charge in [-0.25, -0.2) is 5.43 Å². The zero-order chi connectivity index (χ0) is 17.2. The Bertz CT molecular complexity index is 704. The van der Waals surface area contributed by atoms with Gasteiger partial charge in [0.15, 0.2) is 6.61 Å². The summed E-state index contributed by atoms with van der Waals surface area (Å²) in [5.74, 6) is 1.01. The molecule has 2 aromatic rings. The number of halogens is 1. The van der Waals surface area contributed by atoms with Crippen molar-refractivity contribution in [1.29, 1.82) is 0 Å². The quantitative estimate of drug-likeness (QED) is 0.551. The summed E-state index contributed by atoms with van der Waals surface area (Å²) < 4.78 is 11.8. The molecule has 24 heavy (non-hydrogen) atoms. The van der Waals surface area contributed by atoms with Crippen molar-refractivity contribution in [2.24, 2.45) is 5.10 Å². The smallest absolute Gasteiger partial charge is 0.277 e. The number of ether oxygens (including phenoxy) is 2. The molecule has 0 fully saturated rings. The normalized spacial score (nSPS) is 10.6. The van der Waals surface area contributed by atoms with Crippen LogP contribution in [0, 0.1) is 0 Å². The molecular weight excluding hydrogens is 372 g/mol. The molecule has 0 heterocycles. The fourth-order valence-electron chi connectivity index (χ4n) is 1.84. The van der Waals surface area contributed by atoms with E-state index in [1.807, 2.05) is 49.4 Å². The van der Waals surface area contributed by atoms with Gasteiger partial charge in [0, 0.05) is 5.56 Å². The van der Waals surface area contributed by atoms with E-state index in [9.17, 15) is 4.79 Å². The Hall–Kier alpha value is -2.34. The molecule has 1 N–H and O–H groups in total. The van der Waals surface area contributed by atoms with E-state index in [1.54, 1.807) is 12.3 Å². The van der Waals surface area contributed by atoms with Crippen molar-refractivity contribution in [1.82, 2.24) is 5.43 Å². The number of benzene rings is 2. The van der Waals surface area contributed by atoms with Crippen LogP contribution in [0.1, 0.15) is 18.9 Å². The standard InChI is InChI=1S/C18H19BrN2O3/c1-2-11-23-16-9-5-3-7-14(16)12-20-21-18(22)13-24-17-10-6-4-8-15(17)19/h3-10,12H,2,11,13H2,1H3,(H,21,22). The Labute approximate surface area is 149 Å². The first kappa shape index (κ1) is 18.0. The van der Waals surface area contributed by atoms with Crippen LogP contribution in [0.4, 0.5) is 0 Å². The third-order valence-corrected chi connectivity index (χ3v) is 3.62. The summed E-state index contributed by atoms with van der Waals surface area (Å²) in [7, 11) is 0. The van der Waals surface area contributed by atoms with Crippen LogP contribution in [0.2, 0.25) is 0 Å². The number of carbonyl (C=O) groups is 1. The highest BCUT2D eigenvalue weighted by Gasteiger charge is 2.04.